The quantitative estimate of drug-likeness (QED) is 0.486. The summed E-state index contributed by atoms with van der Waals surface area (Å²) >= 11 is 0. The predicted octanol–water partition coefficient (Wildman–Crippen LogP) is 4.39. The van der Waals surface area contributed by atoms with E-state index in [1.807, 2.05) is 0 Å². The van der Waals surface area contributed by atoms with E-state index in [0.29, 0.717) is 40.8 Å². The number of rotatable bonds is 6. The maximum Gasteiger partial charge on any atom is 0.320 e. The summed E-state index contributed by atoms with van der Waals surface area (Å²) in [5, 5.41) is 7.32. The number of hydrogen-bond donors (Lipinski definition) is 2. The summed E-state index contributed by atoms with van der Waals surface area (Å²) in [5.74, 6) is 1.96. The molecule has 39 heavy (non-hydrogen) atoms. The second kappa shape index (κ2) is 9.41. The van der Waals surface area contributed by atoms with Gasteiger partial charge in [0, 0.05) is 44.2 Å². The molecule has 6 rings (SSSR count). The molecule has 6 nitrogen and oxygen atoms in total. The Kier molecular flexibility index (Phi) is 6.86. The van der Waals surface area contributed by atoms with Gasteiger partial charge in [-0.05, 0) is 118 Å². The van der Waals surface area contributed by atoms with Gasteiger partial charge in [0.1, 0.15) is 6.10 Å². The molecular weight excluding hydrogens is 484 g/mol. The SMILES string of the molecule is CN[C@@H](C)C1[C@H](OC(=O)CN2CCN(C)CC2)C[C@@]2(C)C3CC[C@H]4C(C)(C)[C@@H](NC)CC[C@@]45C[C@@]35CC[C@]12C. The number of hydrogen-bond acceptors (Lipinski definition) is 6. The van der Waals surface area contributed by atoms with E-state index in [1.54, 1.807) is 0 Å². The number of ether oxygens (including phenoxy) is 1. The van der Waals surface area contributed by atoms with Crippen molar-refractivity contribution in [2.45, 2.75) is 104 Å². The van der Waals surface area contributed by atoms with Crippen molar-refractivity contribution in [3.63, 3.8) is 0 Å². The Hall–Kier alpha value is -0.690. The molecule has 0 amide bonds. The minimum Gasteiger partial charge on any atom is -0.461 e. The van der Waals surface area contributed by atoms with Gasteiger partial charge in [-0.1, -0.05) is 27.7 Å². The summed E-state index contributed by atoms with van der Waals surface area (Å²) in [6, 6.07) is 0.977. The number of carbonyl (C=O) groups is 1. The molecule has 0 bridgehead atoms. The van der Waals surface area contributed by atoms with Crippen LogP contribution in [0.3, 0.4) is 0 Å². The molecule has 2 unspecified atom stereocenters. The molecule has 5 saturated carbocycles. The Balaban J connectivity index is 1.26. The van der Waals surface area contributed by atoms with Gasteiger partial charge in [-0.3, -0.25) is 9.69 Å². The number of carbonyl (C=O) groups excluding carboxylic acids is 1. The summed E-state index contributed by atoms with van der Waals surface area (Å²) < 4.78 is 6.55. The first-order valence-electron chi connectivity index (χ1n) is 16.3. The second-order valence-corrected chi connectivity index (χ2v) is 16.1. The molecule has 6 fully saturated rings. The summed E-state index contributed by atoms with van der Waals surface area (Å²) in [6.07, 6.45) is 10.7. The first-order valence-corrected chi connectivity index (χ1v) is 16.3. The minimum atomic E-state index is -0.00263. The Labute approximate surface area is 238 Å². The van der Waals surface area contributed by atoms with Gasteiger partial charge in [-0.2, -0.15) is 0 Å². The van der Waals surface area contributed by atoms with Crippen molar-refractivity contribution in [2.75, 3.05) is 53.9 Å². The van der Waals surface area contributed by atoms with Crippen molar-refractivity contribution in [2.24, 2.45) is 44.8 Å². The summed E-state index contributed by atoms with van der Waals surface area (Å²) in [4.78, 5) is 18.0. The first kappa shape index (κ1) is 28.4. The van der Waals surface area contributed by atoms with Gasteiger partial charge < -0.3 is 20.3 Å². The highest BCUT2D eigenvalue weighted by atomic mass is 16.5. The molecular formula is C33H58N4O2. The molecule has 1 aliphatic heterocycles. The lowest BCUT2D eigenvalue weighted by atomic mass is 9.42. The van der Waals surface area contributed by atoms with Crippen molar-refractivity contribution in [3.05, 3.63) is 0 Å². The Bertz CT molecular complexity index is 963. The average Bonchev–Trinajstić information content (AvgIpc) is 3.49. The number of esters is 1. The molecule has 2 N–H and O–H groups in total. The Morgan fingerprint density at radius 3 is 2.26 bits per heavy atom. The maximum atomic E-state index is 13.4. The van der Waals surface area contributed by atoms with Crippen LogP contribution in [-0.2, 0) is 9.53 Å². The Morgan fingerprint density at radius 1 is 0.923 bits per heavy atom. The van der Waals surface area contributed by atoms with Gasteiger partial charge in [0.25, 0.3) is 0 Å². The Morgan fingerprint density at radius 2 is 1.59 bits per heavy atom. The highest BCUT2D eigenvalue weighted by Gasteiger charge is 2.83. The largest absolute Gasteiger partial charge is 0.461 e. The van der Waals surface area contributed by atoms with Crippen LogP contribution >= 0.6 is 0 Å². The van der Waals surface area contributed by atoms with Gasteiger partial charge in [0.05, 0.1) is 6.54 Å². The number of likely N-dealkylation sites (N-methyl/N-ethyl adjacent to an activating group) is 1. The molecule has 6 aliphatic rings. The topological polar surface area (TPSA) is 56.8 Å². The lowest BCUT2D eigenvalue weighted by Gasteiger charge is -2.63. The maximum absolute atomic E-state index is 13.4. The van der Waals surface area contributed by atoms with E-state index in [-0.39, 0.29) is 22.9 Å². The molecule has 222 valence electrons. The molecule has 10 atom stereocenters. The minimum absolute atomic E-state index is 0.00263. The van der Waals surface area contributed by atoms with Crippen LogP contribution in [0.1, 0.15) is 86.0 Å². The van der Waals surface area contributed by atoms with Crippen LogP contribution < -0.4 is 10.6 Å². The predicted molar refractivity (Wildman–Crippen MR) is 157 cm³/mol. The van der Waals surface area contributed by atoms with Crippen molar-refractivity contribution in [1.29, 1.82) is 0 Å². The second-order valence-electron chi connectivity index (χ2n) is 16.1. The van der Waals surface area contributed by atoms with Crippen LogP contribution in [0.15, 0.2) is 0 Å². The van der Waals surface area contributed by atoms with Gasteiger partial charge >= 0.3 is 5.97 Å². The van der Waals surface area contributed by atoms with Crippen LogP contribution in [0.2, 0.25) is 0 Å². The van der Waals surface area contributed by atoms with E-state index in [1.165, 1.54) is 44.9 Å². The van der Waals surface area contributed by atoms with E-state index >= 15 is 0 Å². The van der Waals surface area contributed by atoms with E-state index < -0.39 is 0 Å². The monoisotopic (exact) mass is 542 g/mol. The van der Waals surface area contributed by atoms with E-state index in [4.69, 9.17) is 4.74 Å². The van der Waals surface area contributed by atoms with Gasteiger partial charge in [0.2, 0.25) is 0 Å². The normalized spacial score (nSPS) is 49.8. The standard InChI is InChI=1S/C33H58N4O2/c1-22(34-6)28-23(39-27(38)20-37-17-15-36(8)16-18-37)19-31(5)25-10-9-24-29(2,3)26(35-7)11-12-32(24)21-33(25,32)14-13-30(28,31)4/h22-26,28,34-35H,9-21H2,1-8H3/t22-,23+,24-,25?,26-,28?,30+,31-,32+,33-/m0/s1. The fourth-order valence-electron chi connectivity index (χ4n) is 12.5. The number of nitrogens with zero attached hydrogens (tertiary/aromatic N) is 2. The van der Waals surface area contributed by atoms with E-state index in [0.717, 1.165) is 44.4 Å². The van der Waals surface area contributed by atoms with Gasteiger partial charge in [-0.25, -0.2) is 0 Å². The third kappa shape index (κ3) is 3.82. The lowest BCUT2D eigenvalue weighted by Crippen LogP contribution is -2.59. The third-order valence-corrected chi connectivity index (χ3v) is 14.8. The third-order valence-electron chi connectivity index (χ3n) is 14.8. The summed E-state index contributed by atoms with van der Waals surface area (Å²) in [6.45, 7) is 17.1. The van der Waals surface area contributed by atoms with Crippen LogP contribution in [0.5, 0.6) is 0 Å². The number of nitrogens with one attached hydrogen (secondary N) is 2. The van der Waals surface area contributed by atoms with Crippen molar-refractivity contribution in [3.8, 4) is 0 Å². The zero-order valence-corrected chi connectivity index (χ0v) is 26.4. The van der Waals surface area contributed by atoms with Crippen LogP contribution in [0.4, 0.5) is 0 Å². The highest BCUT2D eigenvalue weighted by Crippen LogP contribution is 2.89. The zero-order chi connectivity index (χ0) is 28.0. The lowest BCUT2D eigenvalue weighted by molar-refractivity contribution is -0.154. The average molecular weight is 543 g/mol. The van der Waals surface area contributed by atoms with Crippen LogP contribution in [-0.4, -0.2) is 87.8 Å². The van der Waals surface area contributed by atoms with E-state index in [9.17, 15) is 4.79 Å². The van der Waals surface area contributed by atoms with Crippen LogP contribution in [0, 0.1) is 44.8 Å². The molecule has 1 heterocycles. The molecule has 6 heteroatoms. The molecule has 0 aromatic heterocycles. The van der Waals surface area contributed by atoms with Crippen LogP contribution in [0.25, 0.3) is 0 Å². The molecule has 0 aromatic rings. The fourth-order valence-corrected chi connectivity index (χ4v) is 12.5. The van der Waals surface area contributed by atoms with Crippen molar-refractivity contribution in [1.82, 2.24) is 20.4 Å². The number of piperazine rings is 1. The van der Waals surface area contributed by atoms with Gasteiger partial charge in [-0.15, -0.1) is 0 Å². The fraction of sp³-hybridized carbons (Fsp3) is 0.970. The molecule has 1 saturated heterocycles. The molecule has 0 radical (unpaired) electrons. The molecule has 2 spiro atoms. The first-order chi connectivity index (χ1) is 18.4. The molecule has 0 aromatic carbocycles. The number of fused-ring (bicyclic) bond motifs is 2. The van der Waals surface area contributed by atoms with E-state index in [2.05, 4.69) is 76.2 Å². The van der Waals surface area contributed by atoms with Crippen molar-refractivity contribution >= 4 is 5.97 Å². The molecule has 5 aliphatic carbocycles. The zero-order valence-electron chi connectivity index (χ0n) is 26.4. The smallest absolute Gasteiger partial charge is 0.320 e. The summed E-state index contributed by atoms with van der Waals surface area (Å²) in [5.41, 5.74) is 1.85. The highest BCUT2D eigenvalue weighted by molar-refractivity contribution is 5.72. The van der Waals surface area contributed by atoms with Crippen molar-refractivity contribution < 1.29 is 9.53 Å². The summed E-state index contributed by atoms with van der Waals surface area (Å²) in [7, 11) is 6.44. The van der Waals surface area contributed by atoms with Gasteiger partial charge in [0.15, 0.2) is 0 Å².